The number of benzene rings is 2. The van der Waals surface area contributed by atoms with Crippen molar-refractivity contribution in [1.82, 2.24) is 0 Å². The highest BCUT2D eigenvalue weighted by Crippen LogP contribution is 2.23. The lowest BCUT2D eigenvalue weighted by molar-refractivity contribution is -0.115. The molecule has 22 heavy (non-hydrogen) atoms. The molecule has 0 aliphatic rings. The molecular weight excluding hydrogens is 279 g/mol. The van der Waals surface area contributed by atoms with Gasteiger partial charge in [0, 0.05) is 24.3 Å². The number of carbonyl (C=O) groups excluding carboxylic acids is 1. The fourth-order valence-electron chi connectivity index (χ4n) is 2.26. The summed E-state index contributed by atoms with van der Waals surface area (Å²) in [5, 5.41) is 5.98. The van der Waals surface area contributed by atoms with E-state index in [9.17, 15) is 9.18 Å². The number of carbonyl (C=O) groups is 1. The minimum absolute atomic E-state index is 0.139. The summed E-state index contributed by atoms with van der Waals surface area (Å²) < 4.78 is 13.0. The van der Waals surface area contributed by atoms with Crippen molar-refractivity contribution in [1.29, 1.82) is 0 Å². The molecule has 116 valence electrons. The maximum Gasteiger partial charge on any atom is 0.226 e. The highest BCUT2D eigenvalue weighted by molar-refractivity contribution is 5.90. The molecule has 1 amide bonds. The van der Waals surface area contributed by atoms with E-state index >= 15 is 0 Å². The summed E-state index contributed by atoms with van der Waals surface area (Å²) in [7, 11) is 0. The van der Waals surface area contributed by atoms with Gasteiger partial charge in [-0.05, 0) is 35.7 Å². The van der Waals surface area contributed by atoms with Crippen LogP contribution in [0.25, 0.3) is 0 Å². The van der Waals surface area contributed by atoms with Crippen molar-refractivity contribution in [2.24, 2.45) is 0 Å². The third kappa shape index (κ3) is 4.58. The Labute approximate surface area is 130 Å². The maximum atomic E-state index is 13.0. The van der Waals surface area contributed by atoms with Crippen molar-refractivity contribution >= 4 is 17.3 Å². The second-order valence-corrected chi connectivity index (χ2v) is 5.48. The van der Waals surface area contributed by atoms with Gasteiger partial charge in [-0.25, -0.2) is 4.39 Å². The van der Waals surface area contributed by atoms with Gasteiger partial charge in [0.1, 0.15) is 5.82 Å². The van der Waals surface area contributed by atoms with E-state index in [1.54, 1.807) is 12.1 Å². The number of halogens is 1. The molecule has 2 rings (SSSR count). The Morgan fingerprint density at radius 1 is 1.14 bits per heavy atom. The van der Waals surface area contributed by atoms with Crippen LogP contribution in [0.3, 0.4) is 0 Å². The van der Waals surface area contributed by atoms with E-state index in [0.29, 0.717) is 24.6 Å². The summed E-state index contributed by atoms with van der Waals surface area (Å²) >= 11 is 0. The quantitative estimate of drug-likeness (QED) is 0.830. The number of hydrogen-bond donors (Lipinski definition) is 2. The summed E-state index contributed by atoms with van der Waals surface area (Å²) in [5.74, 6) is -0.0771. The average molecular weight is 300 g/mol. The molecule has 0 bridgehead atoms. The summed E-state index contributed by atoms with van der Waals surface area (Å²) in [4.78, 5) is 11.9. The molecule has 0 fully saturated rings. The average Bonchev–Trinajstić information content (AvgIpc) is 2.47. The van der Waals surface area contributed by atoms with Crippen LogP contribution in [0.1, 0.15) is 31.7 Å². The Bertz CT molecular complexity index is 640. The van der Waals surface area contributed by atoms with E-state index in [1.807, 2.05) is 18.2 Å². The molecule has 2 N–H and O–H groups in total. The molecule has 0 saturated carbocycles. The van der Waals surface area contributed by atoms with Gasteiger partial charge in [-0.1, -0.05) is 38.1 Å². The molecular formula is C18H21FN2O. The zero-order chi connectivity index (χ0) is 15.9. The molecule has 0 unspecified atom stereocenters. The number of nitrogens with one attached hydrogen (secondary N) is 2. The highest BCUT2D eigenvalue weighted by Gasteiger charge is 2.07. The van der Waals surface area contributed by atoms with Crippen molar-refractivity contribution in [2.45, 2.75) is 26.2 Å². The Hall–Kier alpha value is -2.36. The maximum absolute atomic E-state index is 13.0. The van der Waals surface area contributed by atoms with E-state index < -0.39 is 0 Å². The van der Waals surface area contributed by atoms with Crippen LogP contribution in [0.15, 0.2) is 48.5 Å². The van der Waals surface area contributed by atoms with Crippen molar-refractivity contribution in [3.63, 3.8) is 0 Å². The normalized spacial score (nSPS) is 10.5. The zero-order valence-electron chi connectivity index (χ0n) is 12.9. The Kier molecular flexibility index (Phi) is 5.53. The standard InChI is InChI=1S/C18H21FN2O/c1-13(2)16-8-3-4-9-17(16)20-11-10-18(22)21-15-7-5-6-14(19)12-15/h3-9,12-13,20H,10-11H2,1-2H3,(H,21,22). The van der Waals surface area contributed by atoms with Gasteiger partial charge in [0.05, 0.1) is 0 Å². The van der Waals surface area contributed by atoms with Crippen LogP contribution in [-0.2, 0) is 4.79 Å². The van der Waals surface area contributed by atoms with Gasteiger partial charge in [-0.15, -0.1) is 0 Å². The molecule has 0 aliphatic carbocycles. The number of anilines is 2. The second-order valence-electron chi connectivity index (χ2n) is 5.48. The number of amides is 1. The van der Waals surface area contributed by atoms with Gasteiger partial charge in [0.25, 0.3) is 0 Å². The molecule has 2 aromatic carbocycles. The SMILES string of the molecule is CC(C)c1ccccc1NCCC(=O)Nc1cccc(F)c1. The third-order valence-electron chi connectivity index (χ3n) is 3.36. The minimum Gasteiger partial charge on any atom is -0.384 e. The molecule has 0 heterocycles. The second kappa shape index (κ2) is 7.59. The van der Waals surface area contributed by atoms with Crippen molar-refractivity contribution in [2.75, 3.05) is 17.2 Å². The summed E-state index contributed by atoms with van der Waals surface area (Å²) in [5.41, 5.74) is 2.76. The molecule has 0 saturated heterocycles. The van der Waals surface area contributed by atoms with Crippen LogP contribution in [0.5, 0.6) is 0 Å². The lowest BCUT2D eigenvalue weighted by Gasteiger charge is -2.14. The van der Waals surface area contributed by atoms with Gasteiger partial charge < -0.3 is 10.6 Å². The van der Waals surface area contributed by atoms with Crippen molar-refractivity contribution < 1.29 is 9.18 Å². The smallest absolute Gasteiger partial charge is 0.226 e. The topological polar surface area (TPSA) is 41.1 Å². The lowest BCUT2D eigenvalue weighted by Crippen LogP contribution is -2.16. The zero-order valence-corrected chi connectivity index (χ0v) is 12.9. The van der Waals surface area contributed by atoms with E-state index in [1.165, 1.54) is 17.7 Å². The largest absolute Gasteiger partial charge is 0.384 e. The first-order valence-electron chi connectivity index (χ1n) is 7.44. The van der Waals surface area contributed by atoms with Gasteiger partial charge in [-0.2, -0.15) is 0 Å². The lowest BCUT2D eigenvalue weighted by atomic mass is 10.0. The fourth-order valence-corrected chi connectivity index (χ4v) is 2.26. The summed E-state index contributed by atoms with van der Waals surface area (Å²) in [6.07, 6.45) is 0.322. The third-order valence-corrected chi connectivity index (χ3v) is 3.36. The number of rotatable bonds is 6. The summed E-state index contributed by atoms with van der Waals surface area (Å²) in [6.45, 7) is 4.80. The van der Waals surface area contributed by atoms with Crippen LogP contribution in [0, 0.1) is 5.82 Å². The molecule has 0 atom stereocenters. The summed E-state index contributed by atoms with van der Waals surface area (Å²) in [6, 6.07) is 14.0. The Morgan fingerprint density at radius 2 is 1.91 bits per heavy atom. The van der Waals surface area contributed by atoms with Crippen molar-refractivity contribution in [3.8, 4) is 0 Å². The van der Waals surface area contributed by atoms with E-state index in [0.717, 1.165) is 5.69 Å². The predicted octanol–water partition coefficient (Wildman–Crippen LogP) is 4.39. The molecule has 0 aromatic heterocycles. The Morgan fingerprint density at radius 3 is 2.64 bits per heavy atom. The molecule has 0 spiro atoms. The van der Waals surface area contributed by atoms with E-state index in [2.05, 4.69) is 30.5 Å². The van der Waals surface area contributed by atoms with Crippen LogP contribution < -0.4 is 10.6 Å². The van der Waals surface area contributed by atoms with Crippen LogP contribution in [-0.4, -0.2) is 12.5 Å². The predicted molar refractivity (Wildman–Crippen MR) is 88.7 cm³/mol. The fraction of sp³-hybridized carbons (Fsp3) is 0.278. The minimum atomic E-state index is -0.359. The molecule has 0 radical (unpaired) electrons. The molecule has 4 heteroatoms. The first-order valence-corrected chi connectivity index (χ1v) is 7.44. The van der Waals surface area contributed by atoms with Crippen molar-refractivity contribution in [3.05, 3.63) is 59.9 Å². The highest BCUT2D eigenvalue weighted by atomic mass is 19.1. The van der Waals surface area contributed by atoms with Crippen LogP contribution in [0.4, 0.5) is 15.8 Å². The first-order chi connectivity index (χ1) is 10.6. The van der Waals surface area contributed by atoms with Gasteiger partial charge in [0.2, 0.25) is 5.91 Å². The van der Waals surface area contributed by atoms with Gasteiger partial charge in [-0.3, -0.25) is 4.79 Å². The molecule has 2 aromatic rings. The van der Waals surface area contributed by atoms with E-state index in [-0.39, 0.29) is 11.7 Å². The first kappa shape index (κ1) is 16.0. The number of hydrogen-bond acceptors (Lipinski definition) is 2. The molecule has 0 aliphatic heterocycles. The van der Waals surface area contributed by atoms with Gasteiger partial charge in [0.15, 0.2) is 0 Å². The Balaban J connectivity index is 1.85. The van der Waals surface area contributed by atoms with E-state index in [4.69, 9.17) is 0 Å². The monoisotopic (exact) mass is 300 g/mol. The molecule has 3 nitrogen and oxygen atoms in total. The van der Waals surface area contributed by atoms with Crippen LogP contribution >= 0.6 is 0 Å². The van der Waals surface area contributed by atoms with Crippen LogP contribution in [0.2, 0.25) is 0 Å². The van der Waals surface area contributed by atoms with Gasteiger partial charge >= 0.3 is 0 Å². The number of para-hydroxylation sites is 1.